The standard InChI is InChI=1S/C13H19N3O3/c1-4-9(5-2)15-13(17)11-8-10(16(18)19)6-7-12(11)14-3/h6-9,14H,4-5H2,1-3H3,(H,15,17). The van der Waals surface area contributed by atoms with Gasteiger partial charge in [0.05, 0.1) is 10.5 Å². The number of anilines is 1. The van der Waals surface area contributed by atoms with E-state index in [9.17, 15) is 14.9 Å². The van der Waals surface area contributed by atoms with E-state index in [0.29, 0.717) is 11.3 Å². The SMILES string of the molecule is CCC(CC)NC(=O)c1cc([N+](=O)[O-])ccc1NC. The minimum absolute atomic E-state index is 0.0801. The first-order chi connectivity index (χ1) is 9.03. The first-order valence-electron chi connectivity index (χ1n) is 6.30. The van der Waals surface area contributed by atoms with Gasteiger partial charge < -0.3 is 10.6 Å². The molecule has 0 aliphatic heterocycles. The highest BCUT2D eigenvalue weighted by atomic mass is 16.6. The second kappa shape index (κ2) is 6.72. The average Bonchev–Trinajstić information content (AvgIpc) is 2.43. The molecule has 2 N–H and O–H groups in total. The fraction of sp³-hybridized carbons (Fsp3) is 0.462. The number of hydrogen-bond acceptors (Lipinski definition) is 4. The van der Waals surface area contributed by atoms with E-state index in [-0.39, 0.29) is 17.6 Å². The van der Waals surface area contributed by atoms with Gasteiger partial charge in [0.25, 0.3) is 11.6 Å². The maximum atomic E-state index is 12.2. The molecule has 0 unspecified atom stereocenters. The van der Waals surface area contributed by atoms with Crippen molar-refractivity contribution < 1.29 is 9.72 Å². The van der Waals surface area contributed by atoms with Gasteiger partial charge in [0.2, 0.25) is 0 Å². The normalized spacial score (nSPS) is 10.3. The molecule has 6 heteroatoms. The Morgan fingerprint density at radius 3 is 2.47 bits per heavy atom. The second-order valence-corrected chi connectivity index (χ2v) is 4.22. The van der Waals surface area contributed by atoms with Crippen LogP contribution in [0.25, 0.3) is 0 Å². The van der Waals surface area contributed by atoms with Crippen LogP contribution in [0.3, 0.4) is 0 Å². The van der Waals surface area contributed by atoms with Crippen LogP contribution >= 0.6 is 0 Å². The van der Waals surface area contributed by atoms with Crippen molar-refractivity contribution in [1.29, 1.82) is 0 Å². The van der Waals surface area contributed by atoms with Crippen molar-refractivity contribution in [3.05, 3.63) is 33.9 Å². The number of nitrogens with zero attached hydrogens (tertiary/aromatic N) is 1. The van der Waals surface area contributed by atoms with E-state index in [4.69, 9.17) is 0 Å². The monoisotopic (exact) mass is 265 g/mol. The number of hydrogen-bond donors (Lipinski definition) is 2. The Hall–Kier alpha value is -2.11. The summed E-state index contributed by atoms with van der Waals surface area (Å²) >= 11 is 0. The number of nitro groups is 1. The van der Waals surface area contributed by atoms with Crippen molar-refractivity contribution in [2.24, 2.45) is 0 Å². The summed E-state index contributed by atoms with van der Waals surface area (Å²) in [6.45, 7) is 3.97. The van der Waals surface area contributed by atoms with Crippen molar-refractivity contribution in [3.63, 3.8) is 0 Å². The smallest absolute Gasteiger partial charge is 0.270 e. The molecular formula is C13H19N3O3. The Balaban J connectivity index is 3.05. The first kappa shape index (κ1) is 14.9. The van der Waals surface area contributed by atoms with Crippen molar-refractivity contribution in [1.82, 2.24) is 5.32 Å². The third-order valence-corrected chi connectivity index (χ3v) is 3.05. The number of nitro benzene ring substituents is 1. The number of carbonyl (C=O) groups is 1. The molecule has 0 saturated carbocycles. The fourth-order valence-corrected chi connectivity index (χ4v) is 1.81. The zero-order valence-corrected chi connectivity index (χ0v) is 11.4. The maximum absolute atomic E-state index is 12.2. The molecule has 6 nitrogen and oxygen atoms in total. The molecule has 0 heterocycles. The van der Waals surface area contributed by atoms with Crippen molar-refractivity contribution in [2.75, 3.05) is 12.4 Å². The molecule has 104 valence electrons. The van der Waals surface area contributed by atoms with Gasteiger partial charge in [-0.05, 0) is 18.9 Å². The molecule has 0 spiro atoms. The molecular weight excluding hydrogens is 246 g/mol. The molecule has 0 atom stereocenters. The van der Waals surface area contributed by atoms with Crippen LogP contribution in [0.1, 0.15) is 37.0 Å². The molecule has 0 radical (unpaired) electrons. The van der Waals surface area contributed by atoms with E-state index in [1.165, 1.54) is 12.1 Å². The average molecular weight is 265 g/mol. The quantitative estimate of drug-likeness (QED) is 0.611. The summed E-state index contributed by atoms with van der Waals surface area (Å²) in [7, 11) is 1.68. The largest absolute Gasteiger partial charge is 0.387 e. The summed E-state index contributed by atoms with van der Waals surface area (Å²) in [5.41, 5.74) is 0.784. The Morgan fingerprint density at radius 1 is 1.37 bits per heavy atom. The topological polar surface area (TPSA) is 84.3 Å². The Morgan fingerprint density at radius 2 is 2.00 bits per heavy atom. The van der Waals surface area contributed by atoms with Crippen molar-refractivity contribution >= 4 is 17.3 Å². The van der Waals surface area contributed by atoms with E-state index >= 15 is 0 Å². The molecule has 0 saturated heterocycles. The number of carbonyl (C=O) groups excluding carboxylic acids is 1. The predicted octanol–water partition coefficient (Wildman–Crippen LogP) is 2.55. The first-order valence-corrected chi connectivity index (χ1v) is 6.30. The summed E-state index contributed by atoms with van der Waals surface area (Å²) in [6, 6.07) is 4.29. The molecule has 1 rings (SSSR count). The van der Waals surface area contributed by atoms with E-state index in [2.05, 4.69) is 10.6 Å². The predicted molar refractivity (Wildman–Crippen MR) is 74.5 cm³/mol. The van der Waals surface area contributed by atoms with Gasteiger partial charge in [-0.2, -0.15) is 0 Å². The summed E-state index contributed by atoms with van der Waals surface area (Å²) in [4.78, 5) is 22.4. The van der Waals surface area contributed by atoms with Crippen LogP contribution in [0.5, 0.6) is 0 Å². The van der Waals surface area contributed by atoms with Crippen molar-refractivity contribution in [3.8, 4) is 0 Å². The van der Waals surface area contributed by atoms with E-state index < -0.39 is 4.92 Å². The lowest BCUT2D eigenvalue weighted by Gasteiger charge is -2.16. The third kappa shape index (κ3) is 3.67. The molecule has 1 aromatic carbocycles. The van der Waals surface area contributed by atoms with Gasteiger partial charge in [-0.25, -0.2) is 0 Å². The van der Waals surface area contributed by atoms with Crippen LogP contribution in [0.15, 0.2) is 18.2 Å². The molecule has 0 fully saturated rings. The minimum Gasteiger partial charge on any atom is -0.387 e. The summed E-state index contributed by atoms with van der Waals surface area (Å²) in [5.74, 6) is -0.290. The zero-order chi connectivity index (χ0) is 14.4. The van der Waals surface area contributed by atoms with Crippen LogP contribution in [-0.4, -0.2) is 23.9 Å². The van der Waals surface area contributed by atoms with Crippen LogP contribution in [0.4, 0.5) is 11.4 Å². The van der Waals surface area contributed by atoms with Crippen LogP contribution in [0.2, 0.25) is 0 Å². The lowest BCUT2D eigenvalue weighted by Crippen LogP contribution is -2.34. The lowest BCUT2D eigenvalue weighted by atomic mass is 10.1. The number of non-ortho nitro benzene ring substituents is 1. The highest BCUT2D eigenvalue weighted by molar-refractivity contribution is 6.00. The van der Waals surface area contributed by atoms with Gasteiger partial charge >= 0.3 is 0 Å². The van der Waals surface area contributed by atoms with Gasteiger partial charge in [0.1, 0.15) is 0 Å². The maximum Gasteiger partial charge on any atom is 0.270 e. The molecule has 0 aromatic heterocycles. The summed E-state index contributed by atoms with van der Waals surface area (Å²) in [6.07, 6.45) is 1.65. The van der Waals surface area contributed by atoms with Gasteiger partial charge in [0.15, 0.2) is 0 Å². The molecule has 1 aromatic rings. The fourth-order valence-electron chi connectivity index (χ4n) is 1.81. The third-order valence-electron chi connectivity index (χ3n) is 3.05. The van der Waals surface area contributed by atoms with Gasteiger partial charge in [0, 0.05) is 30.9 Å². The number of nitrogens with one attached hydrogen (secondary N) is 2. The van der Waals surface area contributed by atoms with Crippen molar-refractivity contribution in [2.45, 2.75) is 32.7 Å². The molecule has 0 bridgehead atoms. The highest BCUT2D eigenvalue weighted by Gasteiger charge is 2.17. The van der Waals surface area contributed by atoms with E-state index in [0.717, 1.165) is 12.8 Å². The molecule has 1 amide bonds. The van der Waals surface area contributed by atoms with E-state index in [1.54, 1.807) is 13.1 Å². The van der Waals surface area contributed by atoms with E-state index in [1.807, 2.05) is 13.8 Å². The number of benzene rings is 1. The lowest BCUT2D eigenvalue weighted by molar-refractivity contribution is -0.384. The van der Waals surface area contributed by atoms with Crippen LogP contribution in [0, 0.1) is 10.1 Å². The van der Waals surface area contributed by atoms with Gasteiger partial charge in [-0.1, -0.05) is 13.8 Å². The number of rotatable bonds is 6. The molecule has 0 aliphatic carbocycles. The Labute approximate surface area is 112 Å². The zero-order valence-electron chi connectivity index (χ0n) is 11.4. The molecule has 19 heavy (non-hydrogen) atoms. The highest BCUT2D eigenvalue weighted by Crippen LogP contribution is 2.22. The number of amides is 1. The summed E-state index contributed by atoms with van der Waals surface area (Å²) < 4.78 is 0. The minimum atomic E-state index is -0.507. The van der Waals surface area contributed by atoms with Crippen LogP contribution < -0.4 is 10.6 Å². The van der Waals surface area contributed by atoms with Gasteiger partial charge in [-0.3, -0.25) is 14.9 Å². The van der Waals surface area contributed by atoms with Crippen LogP contribution in [-0.2, 0) is 0 Å². The molecule has 0 aliphatic rings. The van der Waals surface area contributed by atoms with Gasteiger partial charge in [-0.15, -0.1) is 0 Å². The Kier molecular flexibility index (Phi) is 5.29. The second-order valence-electron chi connectivity index (χ2n) is 4.22. The Bertz CT molecular complexity index is 470. The summed E-state index contributed by atoms with van der Waals surface area (Å²) in [5, 5.41) is 16.5.